The Morgan fingerprint density at radius 2 is 1.77 bits per heavy atom. The molecule has 1 atom stereocenters. The van der Waals surface area contributed by atoms with E-state index >= 15 is 0 Å². The number of hydrogen-bond donors (Lipinski definition) is 3. The number of rotatable bonds is 11. The van der Waals surface area contributed by atoms with Gasteiger partial charge in [-0.15, -0.1) is 0 Å². The lowest BCUT2D eigenvalue weighted by atomic mass is 10.1. The van der Waals surface area contributed by atoms with E-state index in [2.05, 4.69) is 44.9 Å². The third-order valence-corrected chi connectivity index (χ3v) is 6.87. The number of H-pyrrole nitrogens is 1. The number of carbonyl (C=O) groups is 2. The fourth-order valence-corrected chi connectivity index (χ4v) is 4.78. The maximum atomic E-state index is 13.1. The summed E-state index contributed by atoms with van der Waals surface area (Å²) in [5.74, 6) is -0.234. The quantitative estimate of drug-likeness (QED) is 0.216. The van der Waals surface area contributed by atoms with Crippen LogP contribution in [0.5, 0.6) is 0 Å². The number of amides is 2. The van der Waals surface area contributed by atoms with Gasteiger partial charge in [-0.3, -0.25) is 14.2 Å². The summed E-state index contributed by atoms with van der Waals surface area (Å²) in [6.45, 7) is -0.165. The van der Waals surface area contributed by atoms with Crippen LogP contribution < -0.4 is 16.4 Å². The number of benzene rings is 3. The van der Waals surface area contributed by atoms with E-state index in [-0.39, 0.29) is 24.4 Å². The van der Waals surface area contributed by atoms with E-state index in [0.29, 0.717) is 29.8 Å². The molecule has 0 aliphatic heterocycles. The van der Waals surface area contributed by atoms with E-state index in [1.54, 1.807) is 37.5 Å². The van der Waals surface area contributed by atoms with Crippen LogP contribution in [0.25, 0.3) is 33.1 Å². The van der Waals surface area contributed by atoms with Crippen LogP contribution in [-0.4, -0.2) is 33.4 Å². The minimum absolute atomic E-state index is 0.0173. The van der Waals surface area contributed by atoms with Crippen molar-refractivity contribution in [2.45, 2.75) is 44.7 Å². The van der Waals surface area contributed by atoms with Crippen molar-refractivity contribution in [3.63, 3.8) is 0 Å². The van der Waals surface area contributed by atoms with Crippen molar-refractivity contribution in [1.29, 1.82) is 0 Å². The molecule has 1 unspecified atom stereocenters. The Morgan fingerprint density at radius 3 is 2.62 bits per heavy atom. The molecule has 9 heteroatoms. The van der Waals surface area contributed by atoms with Crippen LogP contribution in [0.4, 0.5) is 0 Å². The molecule has 200 valence electrons. The van der Waals surface area contributed by atoms with Crippen LogP contribution in [-0.2, 0) is 16.1 Å². The summed E-state index contributed by atoms with van der Waals surface area (Å²) in [6.07, 6.45) is 5.27. The summed E-state index contributed by atoms with van der Waals surface area (Å²) >= 11 is 0. The van der Waals surface area contributed by atoms with Crippen LogP contribution in [0, 0.1) is 0 Å². The molecule has 0 saturated carbocycles. The van der Waals surface area contributed by atoms with E-state index in [9.17, 15) is 14.4 Å². The van der Waals surface area contributed by atoms with Gasteiger partial charge in [0.25, 0.3) is 0 Å². The van der Waals surface area contributed by atoms with Crippen molar-refractivity contribution in [1.82, 2.24) is 25.2 Å². The summed E-state index contributed by atoms with van der Waals surface area (Å²) in [5, 5.41) is 7.98. The Balaban J connectivity index is 1.33. The number of carbonyl (C=O) groups excluding carboxylic acids is 2. The number of nitrogens with zero attached hydrogens (tertiary/aromatic N) is 2. The van der Waals surface area contributed by atoms with E-state index < -0.39 is 5.76 Å². The molecule has 0 spiro atoms. The highest BCUT2D eigenvalue weighted by Crippen LogP contribution is 2.26. The zero-order valence-electron chi connectivity index (χ0n) is 21.8. The van der Waals surface area contributed by atoms with Gasteiger partial charge in [-0.1, -0.05) is 61.4 Å². The highest BCUT2D eigenvalue weighted by atomic mass is 16.4. The van der Waals surface area contributed by atoms with Crippen molar-refractivity contribution in [2.24, 2.45) is 0 Å². The maximum Gasteiger partial charge on any atom is 0.420 e. The third-order valence-electron chi connectivity index (χ3n) is 6.87. The first-order valence-corrected chi connectivity index (χ1v) is 13.1. The number of hydrogen-bond acceptors (Lipinski definition) is 5. The number of oxazole rings is 1. The maximum absolute atomic E-state index is 13.1. The molecule has 9 nitrogen and oxygen atoms in total. The summed E-state index contributed by atoms with van der Waals surface area (Å²) in [7, 11) is 1.63. The minimum Gasteiger partial charge on any atom is -0.408 e. The Morgan fingerprint density at radius 1 is 0.974 bits per heavy atom. The van der Waals surface area contributed by atoms with Gasteiger partial charge in [0, 0.05) is 19.0 Å². The van der Waals surface area contributed by atoms with Crippen molar-refractivity contribution in [3.8, 4) is 11.3 Å². The Labute approximate surface area is 225 Å². The Kier molecular flexibility index (Phi) is 7.86. The number of aromatic amines is 1. The molecule has 2 amide bonds. The zero-order valence-corrected chi connectivity index (χ0v) is 21.8. The molecule has 0 aliphatic rings. The fraction of sp³-hybridized carbons (Fsp3) is 0.267. The number of aromatic nitrogens is 3. The number of imidazole rings is 1. The summed E-state index contributed by atoms with van der Waals surface area (Å²) in [4.78, 5) is 45.0. The molecule has 5 rings (SSSR count). The molecule has 0 aliphatic carbocycles. The molecule has 39 heavy (non-hydrogen) atoms. The molecule has 5 aromatic rings. The predicted molar refractivity (Wildman–Crippen MR) is 150 cm³/mol. The van der Waals surface area contributed by atoms with E-state index in [4.69, 9.17) is 4.42 Å². The molecule has 0 fully saturated rings. The molecule has 0 bridgehead atoms. The number of unbranched alkanes of at least 4 members (excludes halogenated alkanes) is 2. The molecular weight excluding hydrogens is 494 g/mol. The lowest BCUT2D eigenvalue weighted by Crippen LogP contribution is -2.34. The molecule has 0 saturated heterocycles. The summed E-state index contributed by atoms with van der Waals surface area (Å²) < 4.78 is 6.60. The summed E-state index contributed by atoms with van der Waals surface area (Å²) in [6, 6.07) is 21.0. The predicted octanol–water partition coefficient (Wildman–Crippen LogP) is 4.69. The first-order chi connectivity index (χ1) is 19.0. The lowest BCUT2D eigenvalue weighted by Gasteiger charge is -2.17. The monoisotopic (exact) mass is 525 g/mol. The van der Waals surface area contributed by atoms with Crippen molar-refractivity contribution in [2.75, 3.05) is 7.05 Å². The van der Waals surface area contributed by atoms with E-state index in [0.717, 1.165) is 41.3 Å². The number of fused-ring (bicyclic) bond motifs is 2. The van der Waals surface area contributed by atoms with Crippen molar-refractivity contribution in [3.05, 3.63) is 89.3 Å². The first-order valence-electron chi connectivity index (χ1n) is 13.1. The smallest absolute Gasteiger partial charge is 0.408 e. The molecular formula is C30H31N5O4. The average molecular weight is 526 g/mol. The lowest BCUT2D eigenvalue weighted by molar-refractivity contribution is -0.122. The van der Waals surface area contributed by atoms with Gasteiger partial charge in [0.1, 0.15) is 12.4 Å². The molecule has 2 aromatic heterocycles. The Bertz CT molecular complexity index is 1660. The third kappa shape index (κ3) is 6.09. The van der Waals surface area contributed by atoms with Gasteiger partial charge >= 0.3 is 5.76 Å². The van der Waals surface area contributed by atoms with Gasteiger partial charge in [-0.25, -0.2) is 9.78 Å². The Hall–Kier alpha value is -4.66. The first kappa shape index (κ1) is 26.0. The number of nitrogens with one attached hydrogen (secondary N) is 3. The fourth-order valence-electron chi connectivity index (χ4n) is 4.78. The highest BCUT2D eigenvalue weighted by molar-refractivity contribution is 5.86. The van der Waals surface area contributed by atoms with Gasteiger partial charge in [0.2, 0.25) is 11.8 Å². The zero-order chi connectivity index (χ0) is 27.2. The van der Waals surface area contributed by atoms with Crippen molar-refractivity contribution >= 4 is 33.7 Å². The number of para-hydroxylation sites is 2. The van der Waals surface area contributed by atoms with Crippen LogP contribution in [0.2, 0.25) is 0 Å². The topological polar surface area (TPSA) is 122 Å². The van der Waals surface area contributed by atoms with Gasteiger partial charge in [0.15, 0.2) is 5.58 Å². The molecule has 2 heterocycles. The highest BCUT2D eigenvalue weighted by Gasteiger charge is 2.20. The second-order valence-corrected chi connectivity index (χ2v) is 9.56. The van der Waals surface area contributed by atoms with E-state index in [1.807, 2.05) is 18.2 Å². The average Bonchev–Trinajstić information content (AvgIpc) is 3.57. The standard InChI is InChI=1S/C30H31N5O4/c1-31-27(36)14-4-2-3-11-23(33-28(37)19-35-25-12-7-8-13-26(25)39-30(35)38)29-32-18-24(34-29)22-16-15-20-9-5-6-10-21(20)17-22/h5-10,12-13,15-18,23H,2-4,11,14,19H2,1H3,(H,31,36)(H,32,34)(H,33,37). The van der Waals surface area contributed by atoms with E-state index in [1.165, 1.54) is 4.57 Å². The normalized spacial score (nSPS) is 12.0. The van der Waals surface area contributed by atoms with Gasteiger partial charge < -0.3 is 20.0 Å². The van der Waals surface area contributed by atoms with Crippen LogP contribution in [0.1, 0.15) is 44.0 Å². The van der Waals surface area contributed by atoms with Gasteiger partial charge in [-0.2, -0.15) is 0 Å². The SMILES string of the molecule is CNC(=O)CCCCCC(NC(=O)Cn1c(=O)oc2ccccc21)c1ncc(-c2ccc3ccccc3c2)[nH]1. The summed E-state index contributed by atoms with van der Waals surface area (Å²) in [5.41, 5.74) is 2.86. The second kappa shape index (κ2) is 11.8. The molecule has 3 N–H and O–H groups in total. The largest absolute Gasteiger partial charge is 0.420 e. The second-order valence-electron chi connectivity index (χ2n) is 9.56. The van der Waals surface area contributed by atoms with Crippen LogP contribution in [0.3, 0.4) is 0 Å². The molecule has 3 aromatic carbocycles. The van der Waals surface area contributed by atoms with Crippen LogP contribution in [0.15, 0.2) is 82.1 Å². The minimum atomic E-state index is -0.575. The van der Waals surface area contributed by atoms with Crippen molar-refractivity contribution < 1.29 is 14.0 Å². The molecule has 0 radical (unpaired) electrons. The van der Waals surface area contributed by atoms with Gasteiger partial charge in [0.05, 0.1) is 23.4 Å². The van der Waals surface area contributed by atoms with Crippen LogP contribution >= 0.6 is 0 Å². The van der Waals surface area contributed by atoms with Gasteiger partial charge in [-0.05, 0) is 41.8 Å².